The van der Waals surface area contributed by atoms with Crippen molar-refractivity contribution in [3.8, 4) is 0 Å². The van der Waals surface area contributed by atoms with Gasteiger partial charge in [-0.25, -0.2) is 0 Å². The third-order valence-electron chi connectivity index (χ3n) is 4.61. The minimum absolute atomic E-state index is 0.183. The lowest BCUT2D eigenvalue weighted by Crippen LogP contribution is -2.60. The lowest BCUT2D eigenvalue weighted by Gasteiger charge is -2.48. The quantitative estimate of drug-likeness (QED) is 0.795. The molecule has 1 N–H and O–H groups in total. The largest absolute Gasteiger partial charge is 0.377 e. The summed E-state index contributed by atoms with van der Waals surface area (Å²) < 4.78 is 5.76. The Morgan fingerprint density at radius 2 is 2.18 bits per heavy atom. The van der Waals surface area contributed by atoms with E-state index in [0.717, 1.165) is 13.1 Å². The molecule has 100 valence electrons. The van der Waals surface area contributed by atoms with E-state index in [1.165, 1.54) is 38.6 Å². The maximum Gasteiger partial charge on any atom is 0.0805 e. The molecule has 0 radical (unpaired) electrons. The van der Waals surface area contributed by atoms with Gasteiger partial charge in [-0.2, -0.15) is 0 Å². The predicted molar refractivity (Wildman–Crippen MR) is 71.3 cm³/mol. The monoisotopic (exact) mass is 240 g/mol. The first kappa shape index (κ1) is 13.3. The molecule has 3 nitrogen and oxygen atoms in total. The van der Waals surface area contributed by atoms with Crippen molar-refractivity contribution in [2.24, 2.45) is 0 Å². The molecule has 1 aliphatic carbocycles. The van der Waals surface area contributed by atoms with Crippen molar-refractivity contribution in [2.75, 3.05) is 26.7 Å². The molecule has 1 heterocycles. The highest BCUT2D eigenvalue weighted by Crippen LogP contribution is 2.36. The van der Waals surface area contributed by atoms with Gasteiger partial charge >= 0.3 is 0 Å². The lowest BCUT2D eigenvalue weighted by molar-refractivity contribution is -0.101. The first-order chi connectivity index (χ1) is 8.19. The summed E-state index contributed by atoms with van der Waals surface area (Å²) in [7, 11) is 1.88. The normalized spacial score (nSPS) is 33.4. The van der Waals surface area contributed by atoms with Gasteiger partial charge in [0.2, 0.25) is 0 Å². The van der Waals surface area contributed by atoms with Crippen molar-refractivity contribution in [3.63, 3.8) is 0 Å². The number of nitrogens with one attached hydrogen (secondary N) is 1. The van der Waals surface area contributed by atoms with Crippen LogP contribution in [0.2, 0.25) is 0 Å². The fraction of sp³-hybridized carbons (Fsp3) is 1.00. The fourth-order valence-electron chi connectivity index (χ4n) is 3.12. The molecular weight excluding hydrogens is 212 g/mol. The van der Waals surface area contributed by atoms with Crippen LogP contribution in [0.15, 0.2) is 0 Å². The minimum Gasteiger partial charge on any atom is -0.377 e. The van der Waals surface area contributed by atoms with E-state index in [1.807, 2.05) is 7.11 Å². The summed E-state index contributed by atoms with van der Waals surface area (Å²) in [5.74, 6) is 0. The standard InChI is InChI=1S/C14H28N2O/c1-4-6-13-10-16(12(2)9-15-13)11-14(17-3)7-5-8-14/h12-13,15H,4-11H2,1-3H3. The number of ether oxygens (including phenoxy) is 1. The molecular formula is C14H28N2O. The van der Waals surface area contributed by atoms with Crippen LogP contribution in [0.4, 0.5) is 0 Å². The zero-order valence-corrected chi connectivity index (χ0v) is 11.7. The summed E-state index contributed by atoms with van der Waals surface area (Å²) in [6, 6.07) is 1.33. The van der Waals surface area contributed by atoms with Crippen molar-refractivity contribution in [3.05, 3.63) is 0 Å². The second-order valence-corrected chi connectivity index (χ2v) is 5.91. The number of methoxy groups -OCH3 is 1. The molecule has 3 heteroatoms. The van der Waals surface area contributed by atoms with Gasteiger partial charge in [0, 0.05) is 38.8 Å². The van der Waals surface area contributed by atoms with Gasteiger partial charge in [-0.1, -0.05) is 13.3 Å². The molecule has 0 spiro atoms. The number of hydrogen-bond donors (Lipinski definition) is 1. The van der Waals surface area contributed by atoms with E-state index in [0.29, 0.717) is 12.1 Å². The number of nitrogens with zero attached hydrogens (tertiary/aromatic N) is 1. The van der Waals surface area contributed by atoms with Crippen LogP contribution in [-0.2, 0) is 4.74 Å². The number of hydrogen-bond acceptors (Lipinski definition) is 3. The molecule has 1 saturated carbocycles. The molecule has 1 aliphatic heterocycles. The highest BCUT2D eigenvalue weighted by molar-refractivity contribution is 4.95. The van der Waals surface area contributed by atoms with Crippen molar-refractivity contribution in [1.29, 1.82) is 0 Å². The van der Waals surface area contributed by atoms with E-state index in [4.69, 9.17) is 4.74 Å². The molecule has 0 bridgehead atoms. The molecule has 0 aromatic heterocycles. The Kier molecular flexibility index (Phi) is 4.45. The highest BCUT2D eigenvalue weighted by Gasteiger charge is 2.40. The third-order valence-corrected chi connectivity index (χ3v) is 4.61. The molecule has 17 heavy (non-hydrogen) atoms. The van der Waals surface area contributed by atoms with Crippen LogP contribution < -0.4 is 5.32 Å². The van der Waals surface area contributed by atoms with Crippen LogP contribution in [-0.4, -0.2) is 49.3 Å². The Bertz CT molecular complexity index is 235. The zero-order valence-electron chi connectivity index (χ0n) is 11.7. The van der Waals surface area contributed by atoms with E-state index >= 15 is 0 Å². The Balaban J connectivity index is 1.88. The topological polar surface area (TPSA) is 24.5 Å². The van der Waals surface area contributed by atoms with Crippen LogP contribution in [0.5, 0.6) is 0 Å². The summed E-state index contributed by atoms with van der Waals surface area (Å²) >= 11 is 0. The molecule has 2 aliphatic rings. The van der Waals surface area contributed by atoms with Crippen molar-refractivity contribution < 1.29 is 4.74 Å². The summed E-state index contributed by atoms with van der Waals surface area (Å²) in [4.78, 5) is 2.64. The van der Waals surface area contributed by atoms with Gasteiger partial charge in [-0.15, -0.1) is 0 Å². The lowest BCUT2D eigenvalue weighted by atomic mass is 9.79. The van der Waals surface area contributed by atoms with Gasteiger partial charge in [-0.3, -0.25) is 4.90 Å². The molecule has 0 aromatic carbocycles. The average molecular weight is 240 g/mol. The summed E-state index contributed by atoms with van der Waals surface area (Å²) in [6.07, 6.45) is 6.41. The summed E-state index contributed by atoms with van der Waals surface area (Å²) in [6.45, 7) is 8.06. The van der Waals surface area contributed by atoms with Crippen molar-refractivity contribution in [2.45, 2.75) is 63.6 Å². The Labute approximate surface area is 106 Å². The Morgan fingerprint density at radius 1 is 1.41 bits per heavy atom. The van der Waals surface area contributed by atoms with Crippen LogP contribution in [0, 0.1) is 0 Å². The Hall–Kier alpha value is -0.120. The van der Waals surface area contributed by atoms with E-state index in [2.05, 4.69) is 24.1 Å². The van der Waals surface area contributed by atoms with E-state index in [-0.39, 0.29) is 5.60 Å². The second kappa shape index (κ2) is 5.68. The molecule has 2 fully saturated rings. The first-order valence-electron chi connectivity index (χ1n) is 7.22. The van der Waals surface area contributed by atoms with Gasteiger partial charge in [-0.05, 0) is 32.6 Å². The molecule has 0 amide bonds. The molecule has 2 atom stereocenters. The fourth-order valence-corrected chi connectivity index (χ4v) is 3.12. The van der Waals surface area contributed by atoms with Crippen LogP contribution in [0.3, 0.4) is 0 Å². The van der Waals surface area contributed by atoms with E-state index in [9.17, 15) is 0 Å². The maximum absolute atomic E-state index is 5.76. The molecule has 0 aromatic rings. The summed E-state index contributed by atoms with van der Waals surface area (Å²) in [5.41, 5.74) is 0.183. The van der Waals surface area contributed by atoms with E-state index in [1.54, 1.807) is 0 Å². The third kappa shape index (κ3) is 3.01. The van der Waals surface area contributed by atoms with Crippen LogP contribution in [0.25, 0.3) is 0 Å². The predicted octanol–water partition coefficient (Wildman–Crippen LogP) is 2.02. The zero-order chi connectivity index (χ0) is 12.3. The summed E-state index contributed by atoms with van der Waals surface area (Å²) in [5, 5.41) is 3.66. The Morgan fingerprint density at radius 3 is 2.71 bits per heavy atom. The second-order valence-electron chi connectivity index (χ2n) is 5.91. The van der Waals surface area contributed by atoms with Gasteiger partial charge in [0.05, 0.1) is 5.60 Å². The smallest absolute Gasteiger partial charge is 0.0805 e. The van der Waals surface area contributed by atoms with Gasteiger partial charge in [0.25, 0.3) is 0 Å². The SMILES string of the molecule is CCCC1CN(CC2(OC)CCC2)C(C)CN1. The average Bonchev–Trinajstić information content (AvgIpc) is 2.28. The van der Waals surface area contributed by atoms with Crippen LogP contribution in [0.1, 0.15) is 46.0 Å². The molecule has 2 rings (SSSR count). The van der Waals surface area contributed by atoms with E-state index < -0.39 is 0 Å². The maximum atomic E-state index is 5.76. The van der Waals surface area contributed by atoms with Crippen molar-refractivity contribution in [1.82, 2.24) is 10.2 Å². The van der Waals surface area contributed by atoms with Gasteiger partial charge in [0.1, 0.15) is 0 Å². The van der Waals surface area contributed by atoms with Crippen LogP contribution >= 0.6 is 0 Å². The number of piperazine rings is 1. The molecule has 1 saturated heterocycles. The van der Waals surface area contributed by atoms with Crippen molar-refractivity contribution >= 4 is 0 Å². The number of rotatable bonds is 5. The molecule has 2 unspecified atom stereocenters. The van der Waals surface area contributed by atoms with Gasteiger partial charge < -0.3 is 10.1 Å². The van der Waals surface area contributed by atoms with Gasteiger partial charge in [0.15, 0.2) is 0 Å². The minimum atomic E-state index is 0.183. The first-order valence-corrected chi connectivity index (χ1v) is 7.22. The highest BCUT2D eigenvalue weighted by atomic mass is 16.5.